The Morgan fingerprint density at radius 1 is 1.64 bits per heavy atom. The molecule has 0 aliphatic carbocycles. The second-order valence-electron chi connectivity index (χ2n) is 2.05. The summed E-state index contributed by atoms with van der Waals surface area (Å²) in [6, 6.07) is -1.35. The molecule has 7 nitrogen and oxygen atoms in total. The van der Waals surface area contributed by atoms with Crippen LogP contribution in [0.5, 0.6) is 0 Å². The first-order valence-corrected chi connectivity index (χ1v) is 2.90. The average Bonchev–Trinajstić information content (AvgIpc) is 2.09. The van der Waals surface area contributed by atoms with Gasteiger partial charge in [-0.05, 0) is 0 Å². The van der Waals surface area contributed by atoms with Crippen LogP contribution in [0.15, 0.2) is 0 Å². The number of amides is 4. The SMILES string of the molecule is NC(=O)NC1NC(=O)NC1O. The molecule has 0 radical (unpaired) electrons. The van der Waals surface area contributed by atoms with Crippen LogP contribution in [0.3, 0.4) is 0 Å². The molecule has 4 amide bonds. The Hall–Kier alpha value is -1.50. The van der Waals surface area contributed by atoms with Crippen LogP contribution >= 0.6 is 0 Å². The summed E-state index contributed by atoms with van der Waals surface area (Å²) in [5.74, 6) is 0. The third kappa shape index (κ3) is 1.71. The molecule has 0 aromatic heterocycles. The summed E-state index contributed by atoms with van der Waals surface area (Å²) < 4.78 is 0. The first kappa shape index (κ1) is 7.61. The summed E-state index contributed by atoms with van der Waals surface area (Å²) in [5, 5.41) is 15.4. The Balaban J connectivity index is 2.46. The fraction of sp³-hybridized carbons (Fsp3) is 0.500. The molecule has 2 atom stereocenters. The number of aliphatic hydroxyl groups is 1. The maximum absolute atomic E-state index is 10.5. The number of carbonyl (C=O) groups excluding carboxylic acids is 2. The number of nitrogens with two attached hydrogens (primary N) is 1. The van der Waals surface area contributed by atoms with Crippen molar-refractivity contribution < 1.29 is 14.7 Å². The summed E-state index contributed by atoms with van der Waals surface area (Å²) >= 11 is 0. The van der Waals surface area contributed by atoms with Gasteiger partial charge < -0.3 is 26.8 Å². The number of primary amides is 1. The van der Waals surface area contributed by atoms with E-state index in [9.17, 15) is 9.59 Å². The molecule has 1 aliphatic rings. The normalized spacial score (nSPS) is 29.0. The lowest BCUT2D eigenvalue weighted by Crippen LogP contribution is -2.50. The molecule has 0 bridgehead atoms. The molecule has 11 heavy (non-hydrogen) atoms. The quantitative estimate of drug-likeness (QED) is 0.294. The molecule has 1 heterocycles. The van der Waals surface area contributed by atoms with Gasteiger partial charge in [0, 0.05) is 0 Å². The summed E-state index contributed by atoms with van der Waals surface area (Å²) in [6.07, 6.45) is -1.98. The summed E-state index contributed by atoms with van der Waals surface area (Å²) in [4.78, 5) is 20.7. The first-order chi connectivity index (χ1) is 5.09. The van der Waals surface area contributed by atoms with E-state index in [1.54, 1.807) is 0 Å². The van der Waals surface area contributed by atoms with Crippen molar-refractivity contribution in [3.05, 3.63) is 0 Å². The number of carbonyl (C=O) groups is 2. The smallest absolute Gasteiger partial charge is 0.318 e. The molecule has 6 N–H and O–H groups in total. The van der Waals surface area contributed by atoms with Crippen molar-refractivity contribution >= 4 is 12.1 Å². The van der Waals surface area contributed by atoms with E-state index < -0.39 is 24.5 Å². The van der Waals surface area contributed by atoms with E-state index in [4.69, 9.17) is 10.8 Å². The van der Waals surface area contributed by atoms with Crippen LogP contribution in [0.4, 0.5) is 9.59 Å². The largest absolute Gasteiger partial charge is 0.370 e. The second-order valence-corrected chi connectivity index (χ2v) is 2.05. The number of rotatable bonds is 1. The molecule has 62 valence electrons. The minimum Gasteiger partial charge on any atom is -0.370 e. The molecular weight excluding hydrogens is 152 g/mol. The van der Waals surface area contributed by atoms with Gasteiger partial charge in [0.1, 0.15) is 6.17 Å². The van der Waals surface area contributed by atoms with Gasteiger partial charge in [-0.15, -0.1) is 0 Å². The van der Waals surface area contributed by atoms with E-state index in [1.807, 2.05) is 0 Å². The molecular formula is C4H8N4O3. The van der Waals surface area contributed by atoms with E-state index in [2.05, 4.69) is 16.0 Å². The highest BCUT2D eigenvalue weighted by atomic mass is 16.3. The fourth-order valence-electron chi connectivity index (χ4n) is 0.748. The van der Waals surface area contributed by atoms with Crippen molar-refractivity contribution in [3.8, 4) is 0 Å². The molecule has 7 heteroatoms. The van der Waals surface area contributed by atoms with Gasteiger partial charge in [0.2, 0.25) is 0 Å². The molecule has 1 fully saturated rings. The standard InChI is InChI=1S/C4H8N4O3/c5-3(10)6-1-2(9)8-4(11)7-1/h1-2,9H,(H3,5,6,10)(H2,7,8,11). The van der Waals surface area contributed by atoms with Gasteiger partial charge in [-0.3, -0.25) is 0 Å². The zero-order valence-corrected chi connectivity index (χ0v) is 5.50. The lowest BCUT2D eigenvalue weighted by Gasteiger charge is -2.12. The van der Waals surface area contributed by atoms with Crippen molar-refractivity contribution in [1.29, 1.82) is 0 Å². The Kier molecular flexibility index (Phi) is 1.81. The van der Waals surface area contributed by atoms with Gasteiger partial charge in [-0.25, -0.2) is 9.59 Å². The van der Waals surface area contributed by atoms with Crippen molar-refractivity contribution in [2.75, 3.05) is 0 Å². The van der Waals surface area contributed by atoms with E-state index in [-0.39, 0.29) is 0 Å². The Bertz CT molecular complexity index is 194. The maximum atomic E-state index is 10.5. The van der Waals surface area contributed by atoms with Crippen LogP contribution in [0.2, 0.25) is 0 Å². The third-order valence-electron chi connectivity index (χ3n) is 1.18. The molecule has 1 aliphatic heterocycles. The van der Waals surface area contributed by atoms with E-state index in [1.165, 1.54) is 0 Å². The highest BCUT2D eigenvalue weighted by molar-refractivity contribution is 5.79. The molecule has 2 unspecified atom stereocenters. The number of nitrogens with one attached hydrogen (secondary N) is 3. The van der Waals surface area contributed by atoms with Crippen molar-refractivity contribution in [2.24, 2.45) is 5.73 Å². The topological polar surface area (TPSA) is 116 Å². The fourth-order valence-corrected chi connectivity index (χ4v) is 0.748. The minimum atomic E-state index is -1.13. The Labute approximate surface area is 61.9 Å². The minimum absolute atomic E-state index is 0.545. The zero-order valence-electron chi connectivity index (χ0n) is 5.50. The molecule has 0 spiro atoms. The molecule has 1 saturated heterocycles. The summed E-state index contributed by atoms with van der Waals surface area (Å²) in [5.41, 5.74) is 4.74. The van der Waals surface area contributed by atoms with Gasteiger partial charge in [0.05, 0.1) is 0 Å². The van der Waals surface area contributed by atoms with Gasteiger partial charge in [0.25, 0.3) is 0 Å². The average molecular weight is 160 g/mol. The monoisotopic (exact) mass is 160 g/mol. The Morgan fingerprint density at radius 2 is 2.27 bits per heavy atom. The van der Waals surface area contributed by atoms with E-state index in [0.29, 0.717) is 0 Å². The number of hydrogen-bond donors (Lipinski definition) is 5. The van der Waals surface area contributed by atoms with Crippen LogP contribution in [0.1, 0.15) is 0 Å². The third-order valence-corrected chi connectivity index (χ3v) is 1.18. The van der Waals surface area contributed by atoms with E-state index >= 15 is 0 Å². The van der Waals surface area contributed by atoms with Crippen LogP contribution in [0.25, 0.3) is 0 Å². The van der Waals surface area contributed by atoms with Gasteiger partial charge in [-0.2, -0.15) is 0 Å². The summed E-state index contributed by atoms with van der Waals surface area (Å²) in [6.45, 7) is 0. The van der Waals surface area contributed by atoms with Gasteiger partial charge >= 0.3 is 12.1 Å². The van der Waals surface area contributed by atoms with Crippen molar-refractivity contribution in [1.82, 2.24) is 16.0 Å². The number of aliphatic hydroxyl groups excluding tert-OH is 1. The van der Waals surface area contributed by atoms with E-state index in [0.717, 1.165) is 0 Å². The zero-order chi connectivity index (χ0) is 8.43. The lowest BCUT2D eigenvalue weighted by atomic mass is 10.5. The molecule has 0 aromatic carbocycles. The van der Waals surface area contributed by atoms with Crippen molar-refractivity contribution in [2.45, 2.75) is 12.4 Å². The second kappa shape index (κ2) is 2.62. The maximum Gasteiger partial charge on any atom is 0.318 e. The highest BCUT2D eigenvalue weighted by Gasteiger charge is 2.30. The molecule has 0 aromatic rings. The van der Waals surface area contributed by atoms with Crippen LogP contribution in [-0.4, -0.2) is 29.6 Å². The lowest BCUT2D eigenvalue weighted by molar-refractivity contribution is 0.128. The van der Waals surface area contributed by atoms with Crippen LogP contribution in [-0.2, 0) is 0 Å². The number of urea groups is 2. The highest BCUT2D eigenvalue weighted by Crippen LogP contribution is 1.93. The van der Waals surface area contributed by atoms with Crippen LogP contribution < -0.4 is 21.7 Å². The summed E-state index contributed by atoms with van der Waals surface area (Å²) in [7, 11) is 0. The van der Waals surface area contributed by atoms with Crippen molar-refractivity contribution in [3.63, 3.8) is 0 Å². The first-order valence-electron chi connectivity index (χ1n) is 2.90. The Morgan fingerprint density at radius 3 is 2.64 bits per heavy atom. The predicted octanol–water partition coefficient (Wildman–Crippen LogP) is -2.39. The number of hydrogen-bond acceptors (Lipinski definition) is 3. The molecule has 1 rings (SSSR count). The van der Waals surface area contributed by atoms with Gasteiger partial charge in [0.15, 0.2) is 6.23 Å². The van der Waals surface area contributed by atoms with Crippen LogP contribution in [0, 0.1) is 0 Å². The van der Waals surface area contributed by atoms with Gasteiger partial charge in [-0.1, -0.05) is 0 Å². The predicted molar refractivity (Wildman–Crippen MR) is 34.2 cm³/mol. The molecule has 0 saturated carbocycles.